The van der Waals surface area contributed by atoms with E-state index in [-0.39, 0.29) is 6.04 Å². The molecule has 1 atom stereocenters. The Kier molecular flexibility index (Phi) is 10.9. The average Bonchev–Trinajstić information content (AvgIpc) is 2.15. The summed E-state index contributed by atoms with van der Waals surface area (Å²) in [7, 11) is 0. The van der Waals surface area contributed by atoms with Crippen LogP contribution in [0.5, 0.6) is 0 Å². The lowest BCUT2D eigenvalue weighted by atomic mass is 10.1. The minimum atomic E-state index is 0.277. The summed E-state index contributed by atoms with van der Waals surface area (Å²) in [6, 6.07) is 0.277. The number of unbranched alkanes of at least 4 members (excludes halogenated alkanes) is 5. The number of hydrogen-bond acceptors (Lipinski definition) is 2. The first kappa shape index (κ1) is 13.9. The maximum atomic E-state index is 5.61. The Balaban J connectivity index is 2.85. The van der Waals surface area contributed by atoms with Gasteiger partial charge in [-0.3, -0.25) is 0 Å². The average molecular weight is 201 g/mol. The van der Waals surface area contributed by atoms with Gasteiger partial charge >= 0.3 is 0 Å². The van der Waals surface area contributed by atoms with Crippen molar-refractivity contribution in [3.05, 3.63) is 0 Å². The minimum absolute atomic E-state index is 0.277. The van der Waals surface area contributed by atoms with E-state index in [0.29, 0.717) is 0 Å². The third kappa shape index (κ3) is 11.9. The molecule has 14 heavy (non-hydrogen) atoms. The first-order valence-corrected chi connectivity index (χ1v) is 6.10. The third-order valence-corrected chi connectivity index (χ3v) is 2.36. The van der Waals surface area contributed by atoms with E-state index in [0.717, 1.165) is 19.6 Å². The first-order valence-electron chi connectivity index (χ1n) is 6.10. The summed E-state index contributed by atoms with van der Waals surface area (Å²) in [6.45, 7) is 6.01. The number of nitrogens with two attached hydrogens (primary N) is 1. The van der Waals surface area contributed by atoms with Gasteiger partial charge in [0.15, 0.2) is 0 Å². The second-order valence-corrected chi connectivity index (χ2v) is 4.15. The molecule has 0 aromatic carbocycles. The largest absolute Gasteiger partial charge is 0.381 e. The number of ether oxygens (including phenoxy) is 1. The Morgan fingerprint density at radius 3 is 2.29 bits per heavy atom. The van der Waals surface area contributed by atoms with Crippen molar-refractivity contribution in [1.82, 2.24) is 0 Å². The molecule has 0 fully saturated rings. The quantitative estimate of drug-likeness (QED) is 0.551. The molecule has 0 aromatic rings. The zero-order chi connectivity index (χ0) is 10.6. The smallest absolute Gasteiger partial charge is 0.0480 e. The Morgan fingerprint density at radius 1 is 1.00 bits per heavy atom. The molecule has 0 spiro atoms. The van der Waals surface area contributed by atoms with Crippen LogP contribution in [0.25, 0.3) is 0 Å². The zero-order valence-corrected chi connectivity index (χ0v) is 9.93. The van der Waals surface area contributed by atoms with Gasteiger partial charge in [0, 0.05) is 19.3 Å². The Labute approximate surface area is 89.2 Å². The van der Waals surface area contributed by atoms with Gasteiger partial charge in [0.2, 0.25) is 0 Å². The van der Waals surface area contributed by atoms with Crippen LogP contribution in [0.1, 0.15) is 58.8 Å². The molecule has 2 N–H and O–H groups in total. The molecule has 86 valence electrons. The summed E-state index contributed by atoms with van der Waals surface area (Å²) in [4.78, 5) is 0. The van der Waals surface area contributed by atoms with Gasteiger partial charge in [0.1, 0.15) is 0 Å². The monoisotopic (exact) mass is 201 g/mol. The Morgan fingerprint density at radius 2 is 1.64 bits per heavy atom. The fraction of sp³-hybridized carbons (Fsp3) is 1.00. The van der Waals surface area contributed by atoms with Crippen molar-refractivity contribution >= 4 is 0 Å². The molecule has 0 aliphatic carbocycles. The fourth-order valence-corrected chi connectivity index (χ4v) is 1.36. The molecule has 1 unspecified atom stereocenters. The molecule has 0 rings (SSSR count). The van der Waals surface area contributed by atoms with E-state index in [2.05, 4.69) is 6.92 Å². The first-order chi connectivity index (χ1) is 6.77. The van der Waals surface area contributed by atoms with Crippen molar-refractivity contribution < 1.29 is 4.74 Å². The summed E-state index contributed by atoms with van der Waals surface area (Å²) in [5, 5.41) is 0. The summed E-state index contributed by atoms with van der Waals surface area (Å²) in [5.74, 6) is 0. The highest BCUT2D eigenvalue weighted by Gasteiger charge is 1.94. The van der Waals surface area contributed by atoms with Crippen LogP contribution < -0.4 is 5.73 Å². The van der Waals surface area contributed by atoms with Gasteiger partial charge in [-0.1, -0.05) is 39.0 Å². The third-order valence-electron chi connectivity index (χ3n) is 2.36. The molecule has 0 aromatic heterocycles. The van der Waals surface area contributed by atoms with Crippen molar-refractivity contribution in [1.29, 1.82) is 0 Å². The number of hydrogen-bond donors (Lipinski definition) is 1. The van der Waals surface area contributed by atoms with Crippen LogP contribution in [-0.2, 0) is 4.74 Å². The second-order valence-electron chi connectivity index (χ2n) is 4.15. The fourth-order valence-electron chi connectivity index (χ4n) is 1.36. The topological polar surface area (TPSA) is 35.2 Å². The molecule has 0 amide bonds. The molecular weight excluding hydrogens is 174 g/mol. The van der Waals surface area contributed by atoms with E-state index in [1.54, 1.807) is 0 Å². The van der Waals surface area contributed by atoms with Crippen molar-refractivity contribution in [3.63, 3.8) is 0 Å². The van der Waals surface area contributed by atoms with E-state index in [1.807, 2.05) is 6.92 Å². The molecule has 0 radical (unpaired) electrons. The van der Waals surface area contributed by atoms with Crippen LogP contribution in [0.3, 0.4) is 0 Å². The van der Waals surface area contributed by atoms with Crippen LogP contribution in [0, 0.1) is 0 Å². The van der Waals surface area contributed by atoms with Crippen LogP contribution in [0.15, 0.2) is 0 Å². The maximum Gasteiger partial charge on any atom is 0.0480 e. The van der Waals surface area contributed by atoms with E-state index < -0.39 is 0 Å². The Hall–Kier alpha value is -0.0800. The standard InChI is InChI=1S/C12H27NO/c1-3-4-5-6-7-8-10-14-11-9-12(2)13/h12H,3-11,13H2,1-2H3. The molecule has 0 heterocycles. The summed E-state index contributed by atoms with van der Waals surface area (Å²) in [5.41, 5.74) is 5.61. The van der Waals surface area contributed by atoms with Crippen LogP contribution in [0.2, 0.25) is 0 Å². The lowest BCUT2D eigenvalue weighted by Crippen LogP contribution is -2.17. The molecule has 0 bridgehead atoms. The van der Waals surface area contributed by atoms with Crippen molar-refractivity contribution in [2.24, 2.45) is 5.73 Å². The van der Waals surface area contributed by atoms with Gasteiger partial charge in [-0.2, -0.15) is 0 Å². The van der Waals surface area contributed by atoms with E-state index >= 15 is 0 Å². The molecule has 0 aliphatic heterocycles. The minimum Gasteiger partial charge on any atom is -0.381 e. The predicted octanol–water partition coefficient (Wildman–Crippen LogP) is 3.10. The summed E-state index contributed by atoms with van der Waals surface area (Å²) in [6.07, 6.45) is 8.97. The summed E-state index contributed by atoms with van der Waals surface area (Å²) < 4.78 is 5.47. The molecule has 0 saturated heterocycles. The van der Waals surface area contributed by atoms with Gasteiger partial charge in [-0.15, -0.1) is 0 Å². The lowest BCUT2D eigenvalue weighted by Gasteiger charge is -2.06. The molecule has 0 aliphatic rings. The predicted molar refractivity (Wildman–Crippen MR) is 62.5 cm³/mol. The molecule has 2 nitrogen and oxygen atoms in total. The van der Waals surface area contributed by atoms with Crippen molar-refractivity contribution in [3.8, 4) is 0 Å². The highest BCUT2D eigenvalue weighted by Crippen LogP contribution is 2.04. The number of rotatable bonds is 10. The van der Waals surface area contributed by atoms with Gasteiger partial charge < -0.3 is 10.5 Å². The van der Waals surface area contributed by atoms with E-state index in [4.69, 9.17) is 10.5 Å². The van der Waals surface area contributed by atoms with E-state index in [9.17, 15) is 0 Å². The lowest BCUT2D eigenvalue weighted by molar-refractivity contribution is 0.124. The maximum absolute atomic E-state index is 5.61. The van der Waals surface area contributed by atoms with Crippen LogP contribution in [-0.4, -0.2) is 19.3 Å². The van der Waals surface area contributed by atoms with Crippen LogP contribution in [0.4, 0.5) is 0 Å². The van der Waals surface area contributed by atoms with Crippen molar-refractivity contribution in [2.75, 3.05) is 13.2 Å². The summed E-state index contributed by atoms with van der Waals surface area (Å²) >= 11 is 0. The van der Waals surface area contributed by atoms with E-state index in [1.165, 1.54) is 38.5 Å². The molecular formula is C12H27NO. The van der Waals surface area contributed by atoms with Gasteiger partial charge in [0.05, 0.1) is 0 Å². The second kappa shape index (κ2) is 11.0. The Bertz CT molecular complexity index is 104. The van der Waals surface area contributed by atoms with Gasteiger partial charge in [-0.05, 0) is 19.8 Å². The molecule has 2 heteroatoms. The normalized spacial score (nSPS) is 13.1. The molecule has 0 saturated carbocycles. The van der Waals surface area contributed by atoms with Crippen molar-refractivity contribution in [2.45, 2.75) is 64.8 Å². The highest BCUT2D eigenvalue weighted by atomic mass is 16.5. The zero-order valence-electron chi connectivity index (χ0n) is 9.93. The van der Waals surface area contributed by atoms with Crippen LogP contribution >= 0.6 is 0 Å². The van der Waals surface area contributed by atoms with Gasteiger partial charge in [-0.25, -0.2) is 0 Å². The van der Waals surface area contributed by atoms with Gasteiger partial charge in [0.25, 0.3) is 0 Å². The SMILES string of the molecule is CCCCCCCCOCCC(C)N. The highest BCUT2D eigenvalue weighted by molar-refractivity contribution is 4.50.